The summed E-state index contributed by atoms with van der Waals surface area (Å²) in [6, 6.07) is 0. The first kappa shape index (κ1) is 11.1. The summed E-state index contributed by atoms with van der Waals surface area (Å²) < 4.78 is 0. The molecule has 0 fully saturated rings. The highest BCUT2D eigenvalue weighted by atomic mass is 16.1. The lowest BCUT2D eigenvalue weighted by molar-refractivity contribution is -0.117. The number of aldehydes is 1. The summed E-state index contributed by atoms with van der Waals surface area (Å²) in [4.78, 5) is 21.3. The molecule has 0 aromatic heterocycles. The Morgan fingerprint density at radius 3 is 2.50 bits per heavy atom. The lowest BCUT2D eigenvalue weighted by atomic mass is 9.84. The maximum absolute atomic E-state index is 11.1. The quantitative estimate of drug-likeness (QED) is 0.463. The molecule has 0 aromatic carbocycles. The lowest BCUT2D eigenvalue weighted by Gasteiger charge is -2.19. The number of ketones is 1. The highest BCUT2D eigenvalue weighted by molar-refractivity contribution is 5.90. The van der Waals surface area contributed by atoms with Crippen LogP contribution in [0.2, 0.25) is 0 Å². The molecule has 0 rings (SSSR count). The van der Waals surface area contributed by atoms with Gasteiger partial charge in [-0.3, -0.25) is 4.79 Å². The predicted octanol–water partition coefficient (Wildman–Crippen LogP) is 1.95. The van der Waals surface area contributed by atoms with Crippen LogP contribution in [-0.2, 0) is 9.59 Å². The van der Waals surface area contributed by atoms with Gasteiger partial charge in [-0.25, -0.2) is 0 Å². The van der Waals surface area contributed by atoms with Crippen molar-refractivity contribution < 1.29 is 9.59 Å². The second-order valence-corrected chi connectivity index (χ2v) is 3.58. The highest BCUT2D eigenvalue weighted by Crippen LogP contribution is 2.23. The van der Waals surface area contributed by atoms with Crippen LogP contribution in [0.3, 0.4) is 0 Å². The highest BCUT2D eigenvalue weighted by Gasteiger charge is 2.19. The topological polar surface area (TPSA) is 34.1 Å². The Kier molecular flexibility index (Phi) is 4.49. The van der Waals surface area contributed by atoms with Crippen LogP contribution in [0.5, 0.6) is 0 Å². The molecule has 2 heteroatoms. The maximum atomic E-state index is 11.1. The Morgan fingerprint density at radius 1 is 1.50 bits per heavy atom. The van der Waals surface area contributed by atoms with Crippen LogP contribution >= 0.6 is 0 Å². The average molecular weight is 167 g/mol. The standard InChI is InChI=1S/C10H15O2/c1-4-5-9(12)8-10(2,3)6-7-11/h4-5,7H,1,6,8H2,2-3H3. The van der Waals surface area contributed by atoms with Crippen LogP contribution in [0.4, 0.5) is 0 Å². The average Bonchev–Trinajstić information content (AvgIpc) is 1.85. The normalized spacial score (nSPS) is 11.9. The van der Waals surface area contributed by atoms with Crippen molar-refractivity contribution in [2.45, 2.75) is 26.7 Å². The van der Waals surface area contributed by atoms with Crippen molar-refractivity contribution in [2.24, 2.45) is 5.41 Å². The van der Waals surface area contributed by atoms with E-state index in [0.717, 1.165) is 6.29 Å². The smallest absolute Gasteiger partial charge is 0.155 e. The van der Waals surface area contributed by atoms with Crippen LogP contribution in [0.1, 0.15) is 26.7 Å². The summed E-state index contributed by atoms with van der Waals surface area (Å²) in [5.74, 6) is 0.0249. The Hall–Kier alpha value is -0.920. The van der Waals surface area contributed by atoms with Crippen LogP contribution in [0.25, 0.3) is 0 Å². The first-order valence-electron chi connectivity index (χ1n) is 3.94. The molecular weight excluding hydrogens is 152 g/mol. The molecule has 0 unspecified atom stereocenters. The third kappa shape index (κ3) is 4.83. The number of rotatable bonds is 5. The predicted molar refractivity (Wildman–Crippen MR) is 48.6 cm³/mol. The van der Waals surface area contributed by atoms with E-state index >= 15 is 0 Å². The van der Waals surface area contributed by atoms with Gasteiger partial charge >= 0.3 is 0 Å². The van der Waals surface area contributed by atoms with Crippen molar-refractivity contribution in [1.82, 2.24) is 0 Å². The van der Waals surface area contributed by atoms with E-state index in [0.29, 0.717) is 12.8 Å². The largest absolute Gasteiger partial charge is 0.303 e. The molecule has 0 aliphatic carbocycles. The molecular formula is C10H15O2. The van der Waals surface area contributed by atoms with Crippen molar-refractivity contribution in [3.05, 3.63) is 19.1 Å². The minimum Gasteiger partial charge on any atom is -0.303 e. The molecule has 0 aromatic rings. The van der Waals surface area contributed by atoms with Gasteiger partial charge in [0.1, 0.15) is 6.29 Å². The monoisotopic (exact) mass is 167 g/mol. The van der Waals surface area contributed by atoms with Crippen LogP contribution < -0.4 is 0 Å². The Labute approximate surface area is 73.7 Å². The minimum absolute atomic E-state index is 0.0249. The zero-order valence-electron chi connectivity index (χ0n) is 7.67. The van der Waals surface area contributed by atoms with Crippen molar-refractivity contribution in [3.8, 4) is 0 Å². The molecule has 0 aliphatic heterocycles. The van der Waals surface area contributed by atoms with Crippen molar-refractivity contribution in [3.63, 3.8) is 0 Å². The number of hydrogen-bond donors (Lipinski definition) is 0. The van der Waals surface area contributed by atoms with Crippen molar-refractivity contribution in [1.29, 1.82) is 0 Å². The fourth-order valence-electron chi connectivity index (χ4n) is 0.960. The second kappa shape index (κ2) is 4.86. The van der Waals surface area contributed by atoms with E-state index < -0.39 is 0 Å². The molecule has 0 bridgehead atoms. The zero-order valence-corrected chi connectivity index (χ0v) is 7.67. The maximum Gasteiger partial charge on any atom is 0.155 e. The molecule has 0 saturated heterocycles. The Bertz CT molecular complexity index is 190. The summed E-state index contributed by atoms with van der Waals surface area (Å²) >= 11 is 0. The third-order valence-corrected chi connectivity index (χ3v) is 1.59. The Balaban J connectivity index is 4.04. The Morgan fingerprint density at radius 2 is 2.08 bits per heavy atom. The molecule has 0 N–H and O–H groups in total. The van der Waals surface area contributed by atoms with Gasteiger partial charge in [0.05, 0.1) is 0 Å². The molecule has 0 saturated carbocycles. The minimum atomic E-state index is -0.224. The van der Waals surface area contributed by atoms with Gasteiger partial charge in [0, 0.05) is 12.8 Å². The van der Waals surface area contributed by atoms with Gasteiger partial charge in [-0.1, -0.05) is 19.9 Å². The summed E-state index contributed by atoms with van der Waals surface area (Å²) in [6.07, 6.45) is 4.58. The molecule has 12 heavy (non-hydrogen) atoms. The van der Waals surface area contributed by atoms with E-state index in [1.54, 1.807) is 0 Å². The number of carbonyl (C=O) groups excluding carboxylic acids is 2. The van der Waals surface area contributed by atoms with Gasteiger partial charge in [0.15, 0.2) is 5.78 Å². The third-order valence-electron chi connectivity index (χ3n) is 1.59. The number of hydrogen-bond acceptors (Lipinski definition) is 2. The molecule has 1 radical (unpaired) electrons. The van der Waals surface area contributed by atoms with Crippen molar-refractivity contribution in [2.75, 3.05) is 0 Å². The second-order valence-electron chi connectivity index (χ2n) is 3.58. The van der Waals surface area contributed by atoms with E-state index in [1.165, 1.54) is 12.2 Å². The van der Waals surface area contributed by atoms with Crippen molar-refractivity contribution >= 4 is 12.1 Å². The molecule has 0 amide bonds. The summed E-state index contributed by atoms with van der Waals surface area (Å²) in [5, 5.41) is 0. The molecule has 0 spiro atoms. The first-order chi connectivity index (χ1) is 5.52. The fraction of sp³-hybridized carbons (Fsp3) is 0.500. The summed E-state index contributed by atoms with van der Waals surface area (Å²) in [6.45, 7) is 7.23. The number of carbonyl (C=O) groups is 2. The van der Waals surface area contributed by atoms with E-state index in [9.17, 15) is 9.59 Å². The molecule has 0 atom stereocenters. The SMILES string of the molecule is [CH2]C=CC(=O)CC(C)(C)CC=O. The van der Waals surface area contributed by atoms with Gasteiger partial charge in [0.2, 0.25) is 0 Å². The van der Waals surface area contributed by atoms with Gasteiger partial charge in [-0.2, -0.15) is 0 Å². The van der Waals surface area contributed by atoms with Crippen LogP contribution in [0.15, 0.2) is 12.2 Å². The van der Waals surface area contributed by atoms with E-state index in [-0.39, 0.29) is 11.2 Å². The molecule has 0 aliphatic rings. The lowest BCUT2D eigenvalue weighted by Crippen LogP contribution is -2.16. The summed E-state index contributed by atoms with van der Waals surface area (Å²) in [5.41, 5.74) is -0.224. The van der Waals surface area contributed by atoms with Crippen LogP contribution in [-0.4, -0.2) is 12.1 Å². The van der Waals surface area contributed by atoms with Gasteiger partial charge in [-0.15, -0.1) is 0 Å². The molecule has 0 heterocycles. The first-order valence-corrected chi connectivity index (χ1v) is 3.94. The van der Waals surface area contributed by atoms with Gasteiger partial charge in [0.25, 0.3) is 0 Å². The molecule has 2 nitrogen and oxygen atoms in total. The number of allylic oxidation sites excluding steroid dienone is 2. The van der Waals surface area contributed by atoms with Crippen LogP contribution in [0, 0.1) is 12.3 Å². The van der Waals surface area contributed by atoms with E-state index in [2.05, 4.69) is 6.92 Å². The zero-order chi connectivity index (χ0) is 9.61. The van der Waals surface area contributed by atoms with Gasteiger partial charge in [-0.05, 0) is 18.4 Å². The van der Waals surface area contributed by atoms with E-state index in [4.69, 9.17) is 0 Å². The fourth-order valence-corrected chi connectivity index (χ4v) is 0.960. The van der Waals surface area contributed by atoms with Gasteiger partial charge < -0.3 is 4.79 Å². The molecule has 67 valence electrons. The summed E-state index contributed by atoms with van der Waals surface area (Å²) in [7, 11) is 0. The van der Waals surface area contributed by atoms with E-state index in [1.807, 2.05) is 13.8 Å².